The predicted octanol–water partition coefficient (Wildman–Crippen LogP) is 4.09. The molecular formula is C22H28IN5O3. The van der Waals surface area contributed by atoms with Crippen LogP contribution in [-0.2, 0) is 6.54 Å². The zero-order valence-corrected chi connectivity index (χ0v) is 20.4. The molecule has 3 aromatic rings. The van der Waals surface area contributed by atoms with E-state index < -0.39 is 0 Å². The van der Waals surface area contributed by atoms with Crippen molar-refractivity contribution in [3.05, 3.63) is 60.4 Å². The van der Waals surface area contributed by atoms with Crippen LogP contribution in [0.5, 0.6) is 17.2 Å². The van der Waals surface area contributed by atoms with Crippen LogP contribution in [0.2, 0.25) is 0 Å². The fraction of sp³-hybridized carbons (Fsp3) is 0.273. The van der Waals surface area contributed by atoms with E-state index in [9.17, 15) is 0 Å². The molecule has 8 nitrogen and oxygen atoms in total. The molecule has 0 saturated carbocycles. The summed E-state index contributed by atoms with van der Waals surface area (Å²) in [7, 11) is 4.99. The second kappa shape index (κ2) is 12.0. The number of aromatic nitrogens is 2. The van der Waals surface area contributed by atoms with Crippen molar-refractivity contribution in [3.63, 3.8) is 0 Å². The third-order valence-electron chi connectivity index (χ3n) is 4.37. The molecule has 2 aromatic carbocycles. The second-order valence-corrected chi connectivity index (χ2v) is 6.30. The van der Waals surface area contributed by atoms with Crippen molar-refractivity contribution in [3.8, 4) is 22.9 Å². The van der Waals surface area contributed by atoms with Gasteiger partial charge in [-0.3, -0.25) is 4.99 Å². The molecule has 1 aromatic heterocycles. The van der Waals surface area contributed by atoms with Crippen molar-refractivity contribution in [1.29, 1.82) is 0 Å². The predicted molar refractivity (Wildman–Crippen MR) is 134 cm³/mol. The van der Waals surface area contributed by atoms with Crippen molar-refractivity contribution in [1.82, 2.24) is 15.1 Å². The molecule has 0 aliphatic carbocycles. The minimum Gasteiger partial charge on any atom is -0.497 e. The molecule has 2 N–H and O–H groups in total. The summed E-state index contributed by atoms with van der Waals surface area (Å²) >= 11 is 0. The Balaban J connectivity index is 0.00000341. The molecule has 0 unspecified atom stereocenters. The van der Waals surface area contributed by atoms with E-state index in [0.29, 0.717) is 30.6 Å². The minimum absolute atomic E-state index is 0. The molecule has 0 fully saturated rings. The molecule has 0 bridgehead atoms. The first-order valence-corrected chi connectivity index (χ1v) is 9.64. The SMILES string of the molecule is CCOc1ccc(NC(=NC)NCc2ccn(-c3ccc(OC)cc3)n2)cc1OC.I. The lowest BCUT2D eigenvalue weighted by Crippen LogP contribution is -2.30. The molecule has 0 aliphatic heterocycles. The molecule has 0 saturated heterocycles. The molecule has 31 heavy (non-hydrogen) atoms. The summed E-state index contributed by atoms with van der Waals surface area (Å²) in [5, 5.41) is 11.1. The van der Waals surface area contributed by atoms with Gasteiger partial charge in [0.05, 0.1) is 38.8 Å². The van der Waals surface area contributed by atoms with E-state index in [-0.39, 0.29) is 24.0 Å². The monoisotopic (exact) mass is 537 g/mol. The van der Waals surface area contributed by atoms with Gasteiger partial charge in [-0.2, -0.15) is 5.10 Å². The minimum atomic E-state index is 0. The Labute approximate surface area is 199 Å². The van der Waals surface area contributed by atoms with Crippen molar-refractivity contribution < 1.29 is 14.2 Å². The number of hydrogen-bond acceptors (Lipinski definition) is 5. The van der Waals surface area contributed by atoms with Crippen LogP contribution in [-0.4, -0.2) is 43.6 Å². The van der Waals surface area contributed by atoms with Gasteiger partial charge in [0.1, 0.15) is 5.75 Å². The molecule has 9 heteroatoms. The Kier molecular flexibility index (Phi) is 9.44. The number of nitrogens with one attached hydrogen (secondary N) is 2. The first-order chi connectivity index (χ1) is 14.7. The van der Waals surface area contributed by atoms with Gasteiger partial charge in [0, 0.05) is 25.0 Å². The van der Waals surface area contributed by atoms with Gasteiger partial charge in [-0.1, -0.05) is 0 Å². The summed E-state index contributed by atoms with van der Waals surface area (Å²) in [5.41, 5.74) is 2.69. The summed E-state index contributed by atoms with van der Waals surface area (Å²) in [4.78, 5) is 4.27. The number of hydrogen-bond donors (Lipinski definition) is 2. The quantitative estimate of drug-likeness (QED) is 0.256. The first kappa shape index (κ1) is 24.3. The fourth-order valence-corrected chi connectivity index (χ4v) is 2.84. The van der Waals surface area contributed by atoms with Gasteiger partial charge in [-0.05, 0) is 49.4 Å². The maximum absolute atomic E-state index is 5.56. The number of rotatable bonds is 8. The fourth-order valence-electron chi connectivity index (χ4n) is 2.84. The van der Waals surface area contributed by atoms with E-state index in [0.717, 1.165) is 22.8 Å². The molecule has 0 radical (unpaired) electrons. The van der Waals surface area contributed by atoms with Crippen molar-refractivity contribution >= 4 is 35.6 Å². The van der Waals surface area contributed by atoms with Gasteiger partial charge in [0.2, 0.25) is 0 Å². The van der Waals surface area contributed by atoms with E-state index in [2.05, 4.69) is 20.7 Å². The van der Waals surface area contributed by atoms with Crippen LogP contribution in [0, 0.1) is 0 Å². The van der Waals surface area contributed by atoms with Crippen LogP contribution >= 0.6 is 24.0 Å². The molecule has 0 atom stereocenters. The highest BCUT2D eigenvalue weighted by Gasteiger charge is 2.08. The second-order valence-electron chi connectivity index (χ2n) is 6.30. The van der Waals surface area contributed by atoms with Crippen LogP contribution < -0.4 is 24.8 Å². The standard InChI is InChI=1S/C22H27N5O3.HI/c1-5-30-20-11-6-16(14-21(20)29-4)25-22(23-2)24-15-17-12-13-27(26-17)18-7-9-19(28-3)10-8-18;/h6-14H,5,15H2,1-4H3,(H2,23,24,25);1H. The number of nitrogens with zero attached hydrogens (tertiary/aromatic N) is 3. The van der Waals surface area contributed by atoms with Crippen LogP contribution in [0.3, 0.4) is 0 Å². The average Bonchev–Trinajstić information content (AvgIpc) is 3.26. The highest BCUT2D eigenvalue weighted by molar-refractivity contribution is 14.0. The summed E-state index contributed by atoms with van der Waals surface area (Å²) in [6, 6.07) is 15.4. The summed E-state index contributed by atoms with van der Waals surface area (Å²) in [6.45, 7) is 3.04. The van der Waals surface area contributed by atoms with Gasteiger partial charge >= 0.3 is 0 Å². The third kappa shape index (κ3) is 6.51. The third-order valence-corrected chi connectivity index (χ3v) is 4.37. The normalized spacial score (nSPS) is 10.8. The Morgan fingerprint density at radius 1 is 1.03 bits per heavy atom. The average molecular weight is 537 g/mol. The van der Waals surface area contributed by atoms with Crippen molar-refractivity contribution in [2.24, 2.45) is 4.99 Å². The summed E-state index contributed by atoms with van der Waals surface area (Å²) in [5.74, 6) is 2.81. The molecule has 0 aliphatic rings. The lowest BCUT2D eigenvalue weighted by Gasteiger charge is -2.14. The highest BCUT2D eigenvalue weighted by Crippen LogP contribution is 2.30. The zero-order chi connectivity index (χ0) is 21.3. The first-order valence-electron chi connectivity index (χ1n) is 9.64. The van der Waals surface area contributed by atoms with E-state index in [4.69, 9.17) is 14.2 Å². The zero-order valence-electron chi connectivity index (χ0n) is 18.1. The Morgan fingerprint density at radius 3 is 2.45 bits per heavy atom. The Bertz CT molecular complexity index is 989. The number of guanidine groups is 1. The number of anilines is 1. The van der Waals surface area contributed by atoms with E-state index >= 15 is 0 Å². The van der Waals surface area contributed by atoms with Crippen molar-refractivity contribution in [2.75, 3.05) is 33.2 Å². The van der Waals surface area contributed by atoms with Crippen LogP contribution in [0.1, 0.15) is 12.6 Å². The van der Waals surface area contributed by atoms with E-state index in [1.165, 1.54) is 0 Å². The topological polar surface area (TPSA) is 81.9 Å². The van der Waals surface area contributed by atoms with Crippen LogP contribution in [0.15, 0.2) is 59.7 Å². The molecular weight excluding hydrogens is 509 g/mol. The van der Waals surface area contributed by atoms with Crippen LogP contribution in [0.25, 0.3) is 5.69 Å². The number of aliphatic imine (C=N–C) groups is 1. The number of benzene rings is 2. The number of ether oxygens (including phenoxy) is 3. The summed E-state index contributed by atoms with van der Waals surface area (Å²) in [6.07, 6.45) is 1.92. The lowest BCUT2D eigenvalue weighted by molar-refractivity contribution is 0.311. The Hall–Kier alpha value is -2.95. The lowest BCUT2D eigenvalue weighted by atomic mass is 10.2. The molecule has 166 valence electrons. The van der Waals surface area contributed by atoms with Gasteiger partial charge in [-0.25, -0.2) is 4.68 Å². The highest BCUT2D eigenvalue weighted by atomic mass is 127. The maximum Gasteiger partial charge on any atom is 0.195 e. The van der Waals surface area contributed by atoms with E-state index in [1.807, 2.05) is 66.3 Å². The summed E-state index contributed by atoms with van der Waals surface area (Å²) < 4.78 is 18.0. The van der Waals surface area contributed by atoms with E-state index in [1.54, 1.807) is 21.3 Å². The van der Waals surface area contributed by atoms with Gasteiger partial charge in [-0.15, -0.1) is 24.0 Å². The van der Waals surface area contributed by atoms with Gasteiger partial charge in [0.25, 0.3) is 0 Å². The number of methoxy groups -OCH3 is 2. The van der Waals surface area contributed by atoms with Gasteiger partial charge in [0.15, 0.2) is 17.5 Å². The van der Waals surface area contributed by atoms with Crippen LogP contribution in [0.4, 0.5) is 5.69 Å². The Morgan fingerprint density at radius 2 is 1.81 bits per heavy atom. The molecule has 1 heterocycles. The maximum atomic E-state index is 5.56. The van der Waals surface area contributed by atoms with Gasteiger partial charge < -0.3 is 24.8 Å². The van der Waals surface area contributed by atoms with Crippen molar-refractivity contribution in [2.45, 2.75) is 13.5 Å². The molecule has 3 rings (SSSR count). The molecule has 0 spiro atoms. The molecule has 0 amide bonds. The smallest absolute Gasteiger partial charge is 0.195 e. The number of halogens is 1. The largest absolute Gasteiger partial charge is 0.497 e.